The molecule has 0 spiro atoms. The van der Waals surface area contributed by atoms with Gasteiger partial charge in [0.15, 0.2) is 9.84 Å². The first-order valence-corrected chi connectivity index (χ1v) is 9.96. The Kier molecular flexibility index (Phi) is 5.28. The molecule has 7 nitrogen and oxygen atoms in total. The minimum Gasteiger partial charge on any atom is -0.354 e. The molecule has 3 rings (SSSR count). The van der Waals surface area contributed by atoms with Gasteiger partial charge in [-0.3, -0.25) is 4.79 Å². The molecule has 1 fully saturated rings. The quantitative estimate of drug-likeness (QED) is 0.798. The van der Waals surface area contributed by atoms with Crippen molar-refractivity contribution in [3.05, 3.63) is 53.9 Å². The van der Waals surface area contributed by atoms with Gasteiger partial charge in [-0.25, -0.2) is 18.4 Å². The standard InChI is InChI=1S/C17H20N4O3S/c22-16(20-14-8-11-25(23,24)12-14)15-7-10-19-17(21-15)18-9-6-13-4-2-1-3-5-13/h1-5,7,10,14H,6,8-9,11-12H2,(H,20,22)(H,18,19,21). The number of nitrogens with one attached hydrogen (secondary N) is 2. The predicted molar refractivity (Wildman–Crippen MR) is 95.2 cm³/mol. The molecule has 0 aliphatic carbocycles. The van der Waals surface area contributed by atoms with Crippen LogP contribution in [0.5, 0.6) is 0 Å². The van der Waals surface area contributed by atoms with Gasteiger partial charge in [-0.15, -0.1) is 0 Å². The van der Waals surface area contributed by atoms with Crippen molar-refractivity contribution in [2.24, 2.45) is 0 Å². The van der Waals surface area contributed by atoms with Crippen molar-refractivity contribution in [3.63, 3.8) is 0 Å². The van der Waals surface area contributed by atoms with Crippen LogP contribution in [0.3, 0.4) is 0 Å². The van der Waals surface area contributed by atoms with Gasteiger partial charge < -0.3 is 10.6 Å². The predicted octanol–water partition coefficient (Wildman–Crippen LogP) is 1.05. The summed E-state index contributed by atoms with van der Waals surface area (Å²) in [5, 5.41) is 5.82. The molecule has 1 amide bonds. The molecule has 0 bridgehead atoms. The number of hydrogen-bond acceptors (Lipinski definition) is 6. The van der Waals surface area contributed by atoms with Crippen LogP contribution in [0.1, 0.15) is 22.5 Å². The number of rotatable bonds is 6. The molecular weight excluding hydrogens is 340 g/mol. The Morgan fingerprint density at radius 3 is 2.72 bits per heavy atom. The summed E-state index contributed by atoms with van der Waals surface area (Å²) < 4.78 is 22.9. The SMILES string of the molecule is O=C(NC1CCS(=O)(=O)C1)c1ccnc(NCCc2ccccc2)n1. The first-order valence-electron chi connectivity index (χ1n) is 8.14. The maximum absolute atomic E-state index is 12.2. The number of benzene rings is 1. The Hall–Kier alpha value is -2.48. The maximum atomic E-state index is 12.2. The van der Waals surface area contributed by atoms with Gasteiger partial charge in [-0.05, 0) is 24.5 Å². The molecule has 2 N–H and O–H groups in total. The van der Waals surface area contributed by atoms with E-state index in [4.69, 9.17) is 0 Å². The summed E-state index contributed by atoms with van der Waals surface area (Å²) in [4.78, 5) is 20.5. The monoisotopic (exact) mass is 360 g/mol. The summed E-state index contributed by atoms with van der Waals surface area (Å²) in [6.07, 6.45) is 2.78. The molecule has 0 radical (unpaired) electrons. The summed E-state index contributed by atoms with van der Waals surface area (Å²) in [6, 6.07) is 11.2. The van der Waals surface area contributed by atoms with Crippen LogP contribution in [0.25, 0.3) is 0 Å². The molecule has 132 valence electrons. The smallest absolute Gasteiger partial charge is 0.270 e. The molecule has 1 aromatic carbocycles. The van der Waals surface area contributed by atoms with Crippen molar-refractivity contribution in [2.45, 2.75) is 18.9 Å². The van der Waals surface area contributed by atoms with E-state index in [1.165, 1.54) is 17.8 Å². The number of aromatic nitrogens is 2. The van der Waals surface area contributed by atoms with Crippen LogP contribution in [0.4, 0.5) is 5.95 Å². The lowest BCUT2D eigenvalue weighted by Gasteiger charge is -2.11. The Morgan fingerprint density at radius 1 is 1.20 bits per heavy atom. The van der Waals surface area contributed by atoms with E-state index in [1.807, 2.05) is 30.3 Å². The second kappa shape index (κ2) is 7.60. The van der Waals surface area contributed by atoms with Gasteiger partial charge in [-0.2, -0.15) is 0 Å². The molecule has 25 heavy (non-hydrogen) atoms. The minimum absolute atomic E-state index is 0.00793. The number of nitrogens with zero attached hydrogens (tertiary/aromatic N) is 2. The highest BCUT2D eigenvalue weighted by Gasteiger charge is 2.29. The van der Waals surface area contributed by atoms with Crippen molar-refractivity contribution in [1.82, 2.24) is 15.3 Å². The first-order chi connectivity index (χ1) is 12.0. The van der Waals surface area contributed by atoms with Gasteiger partial charge >= 0.3 is 0 Å². The molecule has 1 unspecified atom stereocenters. The van der Waals surface area contributed by atoms with E-state index in [0.29, 0.717) is 18.9 Å². The third-order valence-electron chi connectivity index (χ3n) is 4.00. The number of anilines is 1. The number of sulfone groups is 1. The van der Waals surface area contributed by atoms with Crippen molar-refractivity contribution in [1.29, 1.82) is 0 Å². The Balaban J connectivity index is 1.54. The van der Waals surface area contributed by atoms with E-state index in [-0.39, 0.29) is 29.1 Å². The summed E-state index contributed by atoms with van der Waals surface area (Å²) in [7, 11) is -3.03. The summed E-state index contributed by atoms with van der Waals surface area (Å²) in [5.41, 5.74) is 1.42. The van der Waals surface area contributed by atoms with E-state index in [2.05, 4.69) is 20.6 Å². The lowest BCUT2D eigenvalue weighted by Crippen LogP contribution is -2.36. The highest BCUT2D eigenvalue weighted by molar-refractivity contribution is 7.91. The zero-order valence-corrected chi connectivity index (χ0v) is 14.5. The first kappa shape index (κ1) is 17.3. The minimum atomic E-state index is -3.03. The summed E-state index contributed by atoms with van der Waals surface area (Å²) in [6.45, 7) is 0.649. The molecular formula is C17H20N4O3S. The van der Waals surface area contributed by atoms with Crippen LogP contribution in [0.2, 0.25) is 0 Å². The Morgan fingerprint density at radius 2 is 2.00 bits per heavy atom. The zero-order valence-electron chi connectivity index (χ0n) is 13.7. The molecule has 1 saturated heterocycles. The van der Waals surface area contributed by atoms with Gasteiger partial charge in [0, 0.05) is 18.8 Å². The summed E-state index contributed by atoms with van der Waals surface area (Å²) in [5.74, 6) is 0.109. The number of amides is 1. The fourth-order valence-electron chi connectivity index (χ4n) is 2.70. The molecule has 1 aromatic heterocycles. The van der Waals surface area contributed by atoms with Gasteiger partial charge in [0.05, 0.1) is 11.5 Å². The number of hydrogen-bond donors (Lipinski definition) is 2. The second-order valence-corrected chi connectivity index (χ2v) is 8.23. The van der Waals surface area contributed by atoms with Crippen molar-refractivity contribution in [3.8, 4) is 0 Å². The molecule has 2 aromatic rings. The van der Waals surface area contributed by atoms with Gasteiger partial charge in [0.2, 0.25) is 5.95 Å². The maximum Gasteiger partial charge on any atom is 0.270 e. The topological polar surface area (TPSA) is 101 Å². The second-order valence-electron chi connectivity index (χ2n) is 6.00. The van der Waals surface area contributed by atoms with Crippen LogP contribution in [0, 0.1) is 0 Å². The van der Waals surface area contributed by atoms with Crippen LogP contribution >= 0.6 is 0 Å². The molecule has 1 aliphatic heterocycles. The van der Waals surface area contributed by atoms with Crippen LogP contribution in [-0.4, -0.2) is 48.4 Å². The molecule has 2 heterocycles. The van der Waals surface area contributed by atoms with Crippen molar-refractivity contribution in [2.75, 3.05) is 23.4 Å². The van der Waals surface area contributed by atoms with E-state index in [9.17, 15) is 13.2 Å². The molecule has 1 aliphatic rings. The van der Waals surface area contributed by atoms with Gasteiger partial charge in [0.1, 0.15) is 5.69 Å². The van der Waals surface area contributed by atoms with Gasteiger partial charge in [-0.1, -0.05) is 30.3 Å². The Labute approximate surface area is 146 Å². The lowest BCUT2D eigenvalue weighted by atomic mass is 10.1. The average molecular weight is 360 g/mol. The van der Waals surface area contributed by atoms with E-state index < -0.39 is 9.84 Å². The average Bonchev–Trinajstić information content (AvgIpc) is 2.94. The summed E-state index contributed by atoms with van der Waals surface area (Å²) >= 11 is 0. The third kappa shape index (κ3) is 4.99. The Bertz CT molecular complexity index is 840. The van der Waals surface area contributed by atoms with Crippen LogP contribution in [-0.2, 0) is 16.3 Å². The number of carbonyl (C=O) groups excluding carboxylic acids is 1. The highest BCUT2D eigenvalue weighted by Crippen LogP contribution is 2.12. The molecule has 8 heteroatoms. The zero-order chi connectivity index (χ0) is 17.7. The van der Waals surface area contributed by atoms with E-state index >= 15 is 0 Å². The van der Waals surface area contributed by atoms with E-state index in [0.717, 1.165) is 6.42 Å². The number of carbonyl (C=O) groups is 1. The highest BCUT2D eigenvalue weighted by atomic mass is 32.2. The van der Waals surface area contributed by atoms with Gasteiger partial charge in [0.25, 0.3) is 5.91 Å². The largest absolute Gasteiger partial charge is 0.354 e. The van der Waals surface area contributed by atoms with Crippen LogP contribution in [0.15, 0.2) is 42.6 Å². The fourth-order valence-corrected chi connectivity index (χ4v) is 4.38. The van der Waals surface area contributed by atoms with Crippen molar-refractivity contribution >= 4 is 21.7 Å². The van der Waals surface area contributed by atoms with Crippen LogP contribution < -0.4 is 10.6 Å². The van der Waals surface area contributed by atoms with E-state index in [1.54, 1.807) is 0 Å². The molecule has 0 saturated carbocycles. The van der Waals surface area contributed by atoms with Crippen molar-refractivity contribution < 1.29 is 13.2 Å². The molecule has 1 atom stereocenters. The lowest BCUT2D eigenvalue weighted by molar-refractivity contribution is 0.0936. The fraction of sp³-hybridized carbons (Fsp3) is 0.353. The third-order valence-corrected chi connectivity index (χ3v) is 5.76. The normalized spacial score (nSPS) is 18.6.